The number of rotatable bonds is 6. The smallest absolute Gasteiger partial charge is 0.0346 e. The van der Waals surface area contributed by atoms with Gasteiger partial charge >= 0.3 is 0 Å². The fraction of sp³-hybridized carbons (Fsp3) is 0.333. The van der Waals surface area contributed by atoms with Crippen molar-refractivity contribution in [3.63, 3.8) is 0 Å². The monoisotopic (exact) mass is 344 g/mol. The Morgan fingerprint density at radius 2 is 1.69 bits per heavy atom. The van der Waals surface area contributed by atoms with Crippen molar-refractivity contribution in [1.82, 2.24) is 9.97 Å². The number of aryl methyl sites for hydroxylation is 1. The lowest BCUT2D eigenvalue weighted by Crippen LogP contribution is -2.18. The summed E-state index contributed by atoms with van der Waals surface area (Å²) in [5, 5.41) is 0. The predicted molar refractivity (Wildman–Crippen MR) is 109 cm³/mol. The molecule has 0 N–H and O–H groups in total. The van der Waals surface area contributed by atoms with Gasteiger partial charge in [0.2, 0.25) is 0 Å². The molecule has 2 heteroatoms. The average Bonchev–Trinajstić information content (AvgIpc) is 2.67. The van der Waals surface area contributed by atoms with Gasteiger partial charge in [0.1, 0.15) is 0 Å². The van der Waals surface area contributed by atoms with Crippen LogP contribution in [0.4, 0.5) is 0 Å². The van der Waals surface area contributed by atoms with Crippen molar-refractivity contribution in [3.8, 4) is 11.1 Å². The van der Waals surface area contributed by atoms with E-state index in [-0.39, 0.29) is 5.41 Å². The van der Waals surface area contributed by atoms with Crippen LogP contribution >= 0.6 is 0 Å². The van der Waals surface area contributed by atoms with E-state index in [2.05, 4.69) is 74.1 Å². The Morgan fingerprint density at radius 3 is 2.42 bits per heavy atom. The van der Waals surface area contributed by atoms with Crippen molar-refractivity contribution in [2.45, 2.75) is 51.9 Å². The highest BCUT2D eigenvalue weighted by Crippen LogP contribution is 2.31. The lowest BCUT2D eigenvalue weighted by atomic mass is 9.79. The molecule has 3 rings (SSSR count). The molecule has 2 nitrogen and oxygen atoms in total. The van der Waals surface area contributed by atoms with Gasteiger partial charge in [-0.3, -0.25) is 9.97 Å². The largest absolute Gasteiger partial charge is 0.264 e. The predicted octanol–water partition coefficient (Wildman–Crippen LogP) is 6.18. The van der Waals surface area contributed by atoms with E-state index in [0.717, 1.165) is 12.8 Å². The summed E-state index contributed by atoms with van der Waals surface area (Å²) in [6.07, 6.45) is 9.86. The van der Waals surface area contributed by atoms with E-state index < -0.39 is 0 Å². The summed E-state index contributed by atoms with van der Waals surface area (Å²) < 4.78 is 0. The fourth-order valence-corrected chi connectivity index (χ4v) is 3.21. The SMILES string of the molecule is CC(C)c1cncc(CCC(C)(C)c2cccc(-c3cccnc3)c2)c1. The van der Waals surface area contributed by atoms with E-state index in [1.165, 1.54) is 27.8 Å². The van der Waals surface area contributed by atoms with Crippen LogP contribution in [0.25, 0.3) is 11.1 Å². The number of hydrogen-bond donors (Lipinski definition) is 0. The van der Waals surface area contributed by atoms with Gasteiger partial charge in [0.25, 0.3) is 0 Å². The molecule has 0 aliphatic carbocycles. The van der Waals surface area contributed by atoms with Crippen LogP contribution in [0.1, 0.15) is 56.7 Å². The van der Waals surface area contributed by atoms with Gasteiger partial charge in [-0.15, -0.1) is 0 Å². The minimum Gasteiger partial charge on any atom is -0.264 e. The second-order valence-electron chi connectivity index (χ2n) is 7.99. The van der Waals surface area contributed by atoms with E-state index in [0.29, 0.717) is 5.92 Å². The molecule has 0 amide bonds. The summed E-state index contributed by atoms with van der Waals surface area (Å²) in [6, 6.07) is 15.3. The van der Waals surface area contributed by atoms with Gasteiger partial charge in [0.15, 0.2) is 0 Å². The summed E-state index contributed by atoms with van der Waals surface area (Å²) in [5.41, 5.74) is 6.51. The molecule has 0 aliphatic rings. The van der Waals surface area contributed by atoms with Crippen molar-refractivity contribution in [1.29, 1.82) is 0 Å². The van der Waals surface area contributed by atoms with E-state index in [9.17, 15) is 0 Å². The Bertz CT molecular complexity index is 851. The number of nitrogens with zero attached hydrogens (tertiary/aromatic N) is 2. The van der Waals surface area contributed by atoms with Gasteiger partial charge in [-0.1, -0.05) is 64.1 Å². The minimum atomic E-state index is 0.103. The lowest BCUT2D eigenvalue weighted by Gasteiger charge is -2.26. The summed E-state index contributed by atoms with van der Waals surface area (Å²) in [6.45, 7) is 9.09. The standard InChI is InChI=1S/C24H28N2/c1-18(2)22-13-19(15-26-17-22)10-11-24(3,4)23-9-5-7-20(14-23)21-8-6-12-25-16-21/h5-9,12-18H,10-11H2,1-4H3. The van der Waals surface area contributed by atoms with Crippen LogP contribution in [0.15, 0.2) is 67.3 Å². The number of benzene rings is 1. The molecule has 0 fully saturated rings. The van der Waals surface area contributed by atoms with Crippen LogP contribution in [0.3, 0.4) is 0 Å². The summed E-state index contributed by atoms with van der Waals surface area (Å²) >= 11 is 0. The quantitative estimate of drug-likeness (QED) is 0.534. The minimum absolute atomic E-state index is 0.103. The molecule has 2 heterocycles. The zero-order valence-electron chi connectivity index (χ0n) is 16.2. The molecule has 26 heavy (non-hydrogen) atoms. The van der Waals surface area contributed by atoms with Crippen molar-refractivity contribution < 1.29 is 0 Å². The van der Waals surface area contributed by atoms with Gasteiger partial charge in [-0.25, -0.2) is 0 Å². The van der Waals surface area contributed by atoms with Crippen LogP contribution in [-0.4, -0.2) is 9.97 Å². The van der Waals surface area contributed by atoms with Crippen molar-refractivity contribution in [2.75, 3.05) is 0 Å². The van der Waals surface area contributed by atoms with E-state index >= 15 is 0 Å². The highest BCUT2D eigenvalue weighted by Gasteiger charge is 2.21. The van der Waals surface area contributed by atoms with Gasteiger partial charge in [0, 0.05) is 24.8 Å². The molecule has 0 aliphatic heterocycles. The number of aromatic nitrogens is 2. The Labute approximate surface area is 157 Å². The summed E-state index contributed by atoms with van der Waals surface area (Å²) in [7, 11) is 0. The molecule has 0 spiro atoms. The summed E-state index contributed by atoms with van der Waals surface area (Å²) in [5.74, 6) is 0.520. The molecule has 0 radical (unpaired) electrons. The Morgan fingerprint density at radius 1 is 0.885 bits per heavy atom. The van der Waals surface area contributed by atoms with Gasteiger partial charge in [-0.2, -0.15) is 0 Å². The van der Waals surface area contributed by atoms with Crippen molar-refractivity contribution in [2.24, 2.45) is 0 Å². The molecule has 1 aromatic carbocycles. The zero-order valence-corrected chi connectivity index (χ0v) is 16.2. The maximum atomic E-state index is 4.43. The second-order valence-corrected chi connectivity index (χ2v) is 7.99. The van der Waals surface area contributed by atoms with Crippen molar-refractivity contribution in [3.05, 3.63) is 83.9 Å². The van der Waals surface area contributed by atoms with Gasteiger partial charge in [-0.05, 0) is 58.1 Å². The maximum absolute atomic E-state index is 4.43. The third kappa shape index (κ3) is 4.37. The van der Waals surface area contributed by atoms with Gasteiger partial charge < -0.3 is 0 Å². The fourth-order valence-electron chi connectivity index (χ4n) is 3.21. The molecule has 0 bridgehead atoms. The first-order valence-electron chi connectivity index (χ1n) is 9.40. The number of hydrogen-bond acceptors (Lipinski definition) is 2. The van der Waals surface area contributed by atoms with Crippen LogP contribution < -0.4 is 0 Å². The van der Waals surface area contributed by atoms with E-state index in [1.54, 1.807) is 0 Å². The molecule has 3 aromatic rings. The first kappa shape index (κ1) is 18.3. The maximum Gasteiger partial charge on any atom is 0.0346 e. The Kier molecular flexibility index (Phi) is 5.51. The van der Waals surface area contributed by atoms with Crippen LogP contribution in [0.2, 0.25) is 0 Å². The Balaban J connectivity index is 1.77. The molecule has 0 saturated heterocycles. The zero-order chi connectivity index (χ0) is 18.6. The molecule has 2 aromatic heterocycles. The van der Waals surface area contributed by atoms with Crippen LogP contribution in [0, 0.1) is 0 Å². The summed E-state index contributed by atoms with van der Waals surface area (Å²) in [4.78, 5) is 8.67. The number of pyridine rings is 2. The highest BCUT2D eigenvalue weighted by atomic mass is 14.6. The van der Waals surface area contributed by atoms with Crippen LogP contribution in [0.5, 0.6) is 0 Å². The highest BCUT2D eigenvalue weighted by molar-refractivity contribution is 5.63. The average molecular weight is 345 g/mol. The first-order valence-corrected chi connectivity index (χ1v) is 9.40. The molecular weight excluding hydrogens is 316 g/mol. The Hall–Kier alpha value is -2.48. The normalized spacial score (nSPS) is 11.7. The molecular formula is C24H28N2. The van der Waals surface area contributed by atoms with E-state index in [1.807, 2.05) is 30.9 Å². The molecule has 134 valence electrons. The molecule has 0 saturated carbocycles. The third-order valence-corrected chi connectivity index (χ3v) is 5.16. The van der Waals surface area contributed by atoms with Crippen molar-refractivity contribution >= 4 is 0 Å². The van der Waals surface area contributed by atoms with Crippen LogP contribution in [-0.2, 0) is 11.8 Å². The molecule has 0 atom stereocenters. The second kappa shape index (κ2) is 7.82. The van der Waals surface area contributed by atoms with Gasteiger partial charge in [0.05, 0.1) is 0 Å². The topological polar surface area (TPSA) is 25.8 Å². The van der Waals surface area contributed by atoms with E-state index in [4.69, 9.17) is 0 Å². The molecule has 0 unspecified atom stereocenters. The third-order valence-electron chi connectivity index (χ3n) is 5.16. The first-order chi connectivity index (χ1) is 12.5. The lowest BCUT2D eigenvalue weighted by molar-refractivity contribution is 0.479.